The van der Waals surface area contributed by atoms with E-state index >= 15 is 8.78 Å². The molecule has 5 atom stereocenters. The van der Waals surface area contributed by atoms with Crippen LogP contribution < -0.4 is 15.4 Å². The van der Waals surface area contributed by atoms with Crippen molar-refractivity contribution in [2.24, 2.45) is 11.3 Å². The molecule has 3 N–H and O–H groups in total. The van der Waals surface area contributed by atoms with Gasteiger partial charge in [-0.3, -0.25) is 4.79 Å². The fourth-order valence-electron chi connectivity index (χ4n) is 5.74. The number of aromatic carboxylic acids is 1. The SMILES string of the molecule is COc1cc(CNC(=O)C2NC(CC(C)(C)C)C(C)(c3ccc(Cl)cc3F)C2C(F)C=CC=C(C)Cl)ccc1C(=O)O. The van der Waals surface area contributed by atoms with Crippen molar-refractivity contribution in [2.75, 3.05) is 7.11 Å². The molecule has 1 saturated heterocycles. The summed E-state index contributed by atoms with van der Waals surface area (Å²) in [5, 5.41) is 16.2. The summed E-state index contributed by atoms with van der Waals surface area (Å²) in [6.45, 7) is 9.59. The van der Waals surface area contributed by atoms with Crippen LogP contribution in [-0.2, 0) is 16.8 Å². The molecule has 0 saturated carbocycles. The van der Waals surface area contributed by atoms with Gasteiger partial charge in [0.15, 0.2) is 0 Å². The first-order valence-corrected chi connectivity index (χ1v) is 14.4. The van der Waals surface area contributed by atoms with E-state index in [0.29, 0.717) is 17.0 Å². The topological polar surface area (TPSA) is 87.7 Å². The van der Waals surface area contributed by atoms with Crippen LogP contribution in [0.15, 0.2) is 59.7 Å². The molecular formula is C32H38Cl2F2N2O4. The third-order valence-electron chi connectivity index (χ3n) is 7.69. The second-order valence-electron chi connectivity index (χ2n) is 12.0. The van der Waals surface area contributed by atoms with Crippen molar-refractivity contribution >= 4 is 35.1 Å². The fourth-order valence-corrected chi connectivity index (χ4v) is 5.97. The zero-order valence-corrected chi connectivity index (χ0v) is 26.1. The maximum absolute atomic E-state index is 16.3. The molecule has 1 fully saturated rings. The molecule has 0 aromatic heterocycles. The van der Waals surface area contributed by atoms with E-state index in [0.717, 1.165) is 0 Å². The Bertz CT molecular complexity index is 1370. The van der Waals surface area contributed by atoms with Gasteiger partial charge in [0, 0.05) is 34.0 Å². The monoisotopic (exact) mass is 622 g/mol. The standard InChI is InChI=1S/C32H38Cl2F2N2O4/c1-18(33)8-7-9-23(35)27-28(29(39)37-17-19-10-12-21(30(40)41)25(14-19)42-6)38-26(16-31(2,3)4)32(27,5)22-13-11-20(34)15-24(22)36/h7-15,23,26-28,38H,16-17H2,1-6H3,(H,37,39)(H,40,41). The van der Waals surface area contributed by atoms with Gasteiger partial charge >= 0.3 is 5.97 Å². The normalized spacial score (nSPS) is 23.7. The fraction of sp³-hybridized carbons (Fsp3) is 0.438. The molecule has 1 heterocycles. The van der Waals surface area contributed by atoms with Crippen molar-refractivity contribution in [3.8, 4) is 5.75 Å². The molecule has 0 spiro atoms. The Hall–Kier alpha value is -2.94. The van der Waals surface area contributed by atoms with Crippen molar-refractivity contribution in [3.63, 3.8) is 0 Å². The van der Waals surface area contributed by atoms with Gasteiger partial charge in [-0.05, 0) is 60.2 Å². The number of carboxylic acids is 1. The highest BCUT2D eigenvalue weighted by molar-refractivity contribution is 6.30. The first-order valence-electron chi connectivity index (χ1n) is 13.6. The maximum Gasteiger partial charge on any atom is 0.339 e. The number of carbonyl (C=O) groups is 2. The number of ether oxygens (including phenoxy) is 1. The summed E-state index contributed by atoms with van der Waals surface area (Å²) < 4.78 is 37.1. The Kier molecular flexibility index (Phi) is 10.8. The summed E-state index contributed by atoms with van der Waals surface area (Å²) in [4.78, 5) is 25.2. The molecule has 3 rings (SSSR count). The van der Waals surface area contributed by atoms with Crippen LogP contribution in [0.25, 0.3) is 0 Å². The summed E-state index contributed by atoms with van der Waals surface area (Å²) in [6, 6.07) is 7.34. The van der Waals surface area contributed by atoms with Crippen molar-refractivity contribution in [1.29, 1.82) is 0 Å². The second kappa shape index (κ2) is 13.6. The lowest BCUT2D eigenvalue weighted by Crippen LogP contribution is -2.48. The highest BCUT2D eigenvalue weighted by atomic mass is 35.5. The summed E-state index contributed by atoms with van der Waals surface area (Å²) in [6.07, 6.45) is 3.25. The first-order chi connectivity index (χ1) is 19.6. The van der Waals surface area contributed by atoms with E-state index in [1.165, 1.54) is 37.5 Å². The predicted molar refractivity (Wildman–Crippen MR) is 162 cm³/mol. The highest BCUT2D eigenvalue weighted by Gasteiger charge is 2.58. The van der Waals surface area contributed by atoms with Crippen LogP contribution in [0.1, 0.15) is 62.5 Å². The van der Waals surface area contributed by atoms with E-state index in [1.807, 2.05) is 20.8 Å². The Labute approximate surface area is 256 Å². The third-order valence-corrected chi connectivity index (χ3v) is 8.05. The van der Waals surface area contributed by atoms with Gasteiger partial charge in [0.1, 0.15) is 23.3 Å². The predicted octanol–water partition coefficient (Wildman–Crippen LogP) is 7.19. The van der Waals surface area contributed by atoms with Crippen LogP contribution in [0.2, 0.25) is 5.02 Å². The number of amides is 1. The number of allylic oxidation sites excluding steroid dienone is 4. The van der Waals surface area contributed by atoms with Gasteiger partial charge in [0.2, 0.25) is 5.91 Å². The quantitative estimate of drug-likeness (QED) is 0.244. The molecule has 1 aliphatic rings. The smallest absolute Gasteiger partial charge is 0.339 e. The number of hydrogen-bond acceptors (Lipinski definition) is 4. The largest absolute Gasteiger partial charge is 0.496 e. The van der Waals surface area contributed by atoms with Crippen LogP contribution >= 0.6 is 23.2 Å². The first kappa shape index (κ1) is 33.6. The Balaban J connectivity index is 2.05. The Morgan fingerprint density at radius 1 is 1.24 bits per heavy atom. The van der Waals surface area contributed by atoms with Crippen molar-refractivity contribution in [1.82, 2.24) is 10.6 Å². The van der Waals surface area contributed by atoms with Crippen molar-refractivity contribution in [2.45, 2.75) is 71.3 Å². The minimum Gasteiger partial charge on any atom is -0.496 e. The third kappa shape index (κ3) is 7.71. The van der Waals surface area contributed by atoms with E-state index in [4.69, 9.17) is 27.9 Å². The van der Waals surface area contributed by atoms with Crippen LogP contribution in [0.4, 0.5) is 8.78 Å². The minimum absolute atomic E-state index is 0.0100. The van der Waals surface area contributed by atoms with E-state index in [9.17, 15) is 14.7 Å². The van der Waals surface area contributed by atoms with Crippen LogP contribution in [-0.4, -0.2) is 42.3 Å². The Morgan fingerprint density at radius 2 is 1.93 bits per heavy atom. The molecule has 228 valence electrons. The number of benzene rings is 2. The second-order valence-corrected chi connectivity index (χ2v) is 13.1. The van der Waals surface area contributed by atoms with Crippen LogP contribution in [0.5, 0.6) is 5.75 Å². The Morgan fingerprint density at radius 3 is 2.50 bits per heavy atom. The van der Waals surface area contributed by atoms with Gasteiger partial charge in [-0.1, -0.05) is 75.2 Å². The molecule has 2 aromatic carbocycles. The summed E-state index contributed by atoms with van der Waals surface area (Å²) >= 11 is 12.0. The average Bonchev–Trinajstić information content (AvgIpc) is 3.17. The summed E-state index contributed by atoms with van der Waals surface area (Å²) in [5.41, 5.74) is -0.538. The maximum atomic E-state index is 16.3. The lowest BCUT2D eigenvalue weighted by atomic mass is 9.63. The molecule has 0 bridgehead atoms. The number of rotatable bonds is 10. The lowest BCUT2D eigenvalue weighted by molar-refractivity contribution is -0.124. The van der Waals surface area contributed by atoms with Crippen LogP contribution in [0.3, 0.4) is 0 Å². The number of methoxy groups -OCH3 is 1. The van der Waals surface area contributed by atoms with E-state index < -0.39 is 47.3 Å². The van der Waals surface area contributed by atoms with Crippen molar-refractivity contribution < 1.29 is 28.2 Å². The van der Waals surface area contributed by atoms with Gasteiger partial charge in [0.25, 0.3) is 0 Å². The number of carboxylic acid groups (broad SMARTS) is 1. The number of nitrogens with one attached hydrogen (secondary N) is 2. The molecule has 10 heteroatoms. The molecular weight excluding hydrogens is 585 g/mol. The molecule has 6 nitrogen and oxygen atoms in total. The van der Waals surface area contributed by atoms with Gasteiger partial charge in [-0.25, -0.2) is 13.6 Å². The number of carbonyl (C=O) groups excluding carboxylic acids is 1. The lowest BCUT2D eigenvalue weighted by Gasteiger charge is -2.40. The molecule has 5 unspecified atom stereocenters. The zero-order valence-electron chi connectivity index (χ0n) is 24.6. The number of alkyl halides is 1. The molecule has 2 aromatic rings. The summed E-state index contributed by atoms with van der Waals surface area (Å²) in [5.74, 6) is -3.04. The van der Waals surface area contributed by atoms with Crippen molar-refractivity contribution in [3.05, 3.63) is 87.2 Å². The molecule has 0 aliphatic carbocycles. The van der Waals surface area contributed by atoms with E-state index in [2.05, 4.69) is 10.6 Å². The van der Waals surface area contributed by atoms with Gasteiger partial charge < -0.3 is 20.5 Å². The number of halogens is 4. The van der Waals surface area contributed by atoms with E-state index in [-0.39, 0.29) is 33.9 Å². The average molecular weight is 624 g/mol. The molecule has 0 radical (unpaired) electrons. The molecule has 1 aliphatic heterocycles. The van der Waals surface area contributed by atoms with Gasteiger partial charge in [-0.2, -0.15) is 0 Å². The van der Waals surface area contributed by atoms with Crippen LogP contribution in [0, 0.1) is 17.2 Å². The van der Waals surface area contributed by atoms with Gasteiger partial charge in [0.05, 0.1) is 13.2 Å². The van der Waals surface area contributed by atoms with Gasteiger partial charge in [-0.15, -0.1) is 0 Å². The minimum atomic E-state index is -1.65. The van der Waals surface area contributed by atoms with E-state index in [1.54, 1.807) is 38.1 Å². The zero-order chi connectivity index (χ0) is 31.4. The highest BCUT2D eigenvalue weighted by Crippen LogP contribution is 2.49. The molecule has 1 amide bonds. The number of hydrogen-bond donors (Lipinski definition) is 3. The molecule has 42 heavy (non-hydrogen) atoms. The summed E-state index contributed by atoms with van der Waals surface area (Å²) in [7, 11) is 1.36.